The molecule has 0 radical (unpaired) electrons. The van der Waals surface area contributed by atoms with Crippen LogP contribution in [-0.2, 0) is 0 Å². The Morgan fingerprint density at radius 3 is 2.45 bits per heavy atom. The number of ether oxygens (including phenoxy) is 1. The molecule has 3 aliphatic heterocycles. The van der Waals surface area contributed by atoms with Gasteiger partial charge in [-0.15, -0.1) is 6.58 Å². The van der Waals surface area contributed by atoms with Gasteiger partial charge in [0.15, 0.2) is 5.82 Å². The van der Waals surface area contributed by atoms with Crippen molar-refractivity contribution < 1.29 is 9.84 Å². The van der Waals surface area contributed by atoms with Gasteiger partial charge < -0.3 is 9.84 Å². The molecule has 5 atom stereocenters. The van der Waals surface area contributed by atoms with E-state index in [-0.39, 0.29) is 11.8 Å². The Morgan fingerprint density at radius 1 is 0.976 bits per heavy atom. The molecule has 3 fully saturated rings. The number of hydrogen-bond donors (Lipinski definition) is 1. The van der Waals surface area contributed by atoms with Crippen molar-refractivity contribution in [3.8, 4) is 34.1 Å². The highest BCUT2D eigenvalue weighted by Gasteiger charge is 2.44. The molecule has 8 rings (SSSR count). The molecular weight excluding hydrogens is 544 g/mol. The summed E-state index contributed by atoms with van der Waals surface area (Å²) >= 11 is 6.96. The zero-order valence-corrected chi connectivity index (χ0v) is 23.9. The van der Waals surface area contributed by atoms with Crippen molar-refractivity contribution >= 4 is 22.5 Å². The van der Waals surface area contributed by atoms with Gasteiger partial charge in [0, 0.05) is 29.3 Å². The van der Waals surface area contributed by atoms with Crippen molar-refractivity contribution in [2.24, 2.45) is 11.8 Å². The Bertz CT molecular complexity index is 1750. The number of halogens is 1. The van der Waals surface area contributed by atoms with Crippen molar-refractivity contribution in [3.63, 3.8) is 0 Å². The van der Waals surface area contributed by atoms with Crippen LogP contribution in [0.15, 0.2) is 104 Å². The fourth-order valence-electron chi connectivity index (χ4n) is 6.63. The van der Waals surface area contributed by atoms with Crippen LogP contribution >= 0.6 is 11.6 Å². The number of aromatic hydroxyl groups is 1. The molecular formula is C35H31ClN4O2. The molecule has 42 heavy (non-hydrogen) atoms. The quantitative estimate of drug-likeness (QED) is 0.158. The van der Waals surface area contributed by atoms with Crippen molar-refractivity contribution in [2.75, 3.05) is 13.1 Å². The molecule has 7 heteroatoms. The summed E-state index contributed by atoms with van der Waals surface area (Å²) in [6.45, 7) is 6.06. The van der Waals surface area contributed by atoms with Gasteiger partial charge in [0.2, 0.25) is 5.88 Å². The maximum absolute atomic E-state index is 10.5. The minimum Gasteiger partial charge on any atom is -0.508 e. The van der Waals surface area contributed by atoms with E-state index in [2.05, 4.69) is 22.5 Å². The Morgan fingerprint density at radius 2 is 1.74 bits per heavy atom. The zero-order chi connectivity index (χ0) is 28.6. The van der Waals surface area contributed by atoms with Gasteiger partial charge in [-0.3, -0.25) is 9.88 Å². The maximum atomic E-state index is 10.5. The molecule has 3 aliphatic rings. The normalized spacial score (nSPS) is 22.1. The smallest absolute Gasteiger partial charge is 0.227 e. The Labute approximate surface area is 250 Å². The molecule has 3 saturated heterocycles. The number of benzene rings is 3. The van der Waals surface area contributed by atoms with E-state index in [9.17, 15) is 5.11 Å². The number of phenolic OH excluding ortho intramolecular Hbond substituents is 1. The van der Waals surface area contributed by atoms with Crippen molar-refractivity contribution in [3.05, 3.63) is 114 Å². The number of pyridine rings is 1. The summed E-state index contributed by atoms with van der Waals surface area (Å²) in [5, 5.41) is 11.7. The third-order valence-electron chi connectivity index (χ3n) is 8.73. The minimum absolute atomic E-state index is 0.0884. The van der Waals surface area contributed by atoms with Crippen LogP contribution in [0.5, 0.6) is 11.6 Å². The molecule has 5 aromatic rings. The summed E-state index contributed by atoms with van der Waals surface area (Å²) in [6.07, 6.45) is 5.63. The first kappa shape index (κ1) is 26.6. The summed E-state index contributed by atoms with van der Waals surface area (Å²) < 4.78 is 7.13. The standard InChI is InChI=1S/C35H31ClN4O2/c1-2-22-21-40-18-16-25(22)19-30(40)32(27-15-17-37-29-14-13-26(41)20-28(27)29)42-35-31(23-9-5-3-6-10-23)33(36)38-34(39-35)24-11-7-4-8-12-24/h2-15,17,20,22,25,30,32,41H,1,16,18-19,21H2/t22-,25-,30-,32+/m0/s1. The minimum atomic E-state index is -0.400. The highest BCUT2D eigenvalue weighted by atomic mass is 35.5. The lowest BCUT2D eigenvalue weighted by atomic mass is 9.73. The summed E-state index contributed by atoms with van der Waals surface area (Å²) in [5.74, 6) is 2.12. The van der Waals surface area contributed by atoms with Crippen LogP contribution in [0.1, 0.15) is 24.5 Å². The van der Waals surface area contributed by atoms with E-state index in [1.54, 1.807) is 12.1 Å². The maximum Gasteiger partial charge on any atom is 0.227 e. The molecule has 0 amide bonds. The topological polar surface area (TPSA) is 71.4 Å². The van der Waals surface area contributed by atoms with Gasteiger partial charge in [0.1, 0.15) is 17.0 Å². The molecule has 2 bridgehead atoms. The fourth-order valence-corrected chi connectivity index (χ4v) is 6.90. The second kappa shape index (κ2) is 11.2. The van der Waals surface area contributed by atoms with Crippen LogP contribution in [0.3, 0.4) is 0 Å². The second-order valence-electron chi connectivity index (χ2n) is 11.1. The van der Waals surface area contributed by atoms with E-state index in [1.807, 2.05) is 79.0 Å². The van der Waals surface area contributed by atoms with Gasteiger partial charge in [0.05, 0.1) is 17.1 Å². The van der Waals surface area contributed by atoms with Gasteiger partial charge in [-0.05, 0) is 61.1 Å². The first-order valence-corrected chi connectivity index (χ1v) is 14.8. The van der Waals surface area contributed by atoms with Crippen molar-refractivity contribution in [2.45, 2.75) is 25.0 Å². The Hall–Kier alpha value is -4.26. The van der Waals surface area contributed by atoms with Gasteiger partial charge in [-0.1, -0.05) is 78.3 Å². The second-order valence-corrected chi connectivity index (χ2v) is 11.5. The molecule has 6 nitrogen and oxygen atoms in total. The van der Waals surface area contributed by atoms with Crippen LogP contribution in [0.25, 0.3) is 33.4 Å². The predicted molar refractivity (Wildman–Crippen MR) is 166 cm³/mol. The first-order valence-electron chi connectivity index (χ1n) is 14.4. The number of phenols is 1. The Kier molecular flexibility index (Phi) is 7.10. The number of fused-ring (bicyclic) bond motifs is 4. The molecule has 210 valence electrons. The van der Waals surface area contributed by atoms with E-state index in [1.165, 1.54) is 0 Å². The van der Waals surface area contributed by atoms with Crippen LogP contribution < -0.4 is 4.74 Å². The zero-order valence-electron chi connectivity index (χ0n) is 23.1. The SMILES string of the molecule is C=C[C@H]1CN2CC[C@H]1C[C@H]2[C@H](Oc1nc(-c2ccccc2)nc(Cl)c1-c1ccccc1)c1ccnc2ccc(O)cc12. The largest absolute Gasteiger partial charge is 0.508 e. The highest BCUT2D eigenvalue weighted by molar-refractivity contribution is 6.32. The number of piperidine rings is 3. The first-order chi connectivity index (χ1) is 20.6. The van der Waals surface area contributed by atoms with Gasteiger partial charge >= 0.3 is 0 Å². The number of rotatable bonds is 7. The van der Waals surface area contributed by atoms with Crippen LogP contribution in [0, 0.1) is 11.8 Å². The van der Waals surface area contributed by atoms with E-state index >= 15 is 0 Å². The molecule has 1 N–H and O–H groups in total. The number of hydrogen-bond acceptors (Lipinski definition) is 6. The van der Waals surface area contributed by atoms with Gasteiger partial charge in [-0.2, -0.15) is 4.98 Å². The molecule has 3 aromatic carbocycles. The lowest BCUT2D eigenvalue weighted by Crippen LogP contribution is -2.55. The van der Waals surface area contributed by atoms with Crippen LogP contribution in [-0.4, -0.2) is 44.1 Å². The summed E-state index contributed by atoms with van der Waals surface area (Å²) in [5.41, 5.74) is 4.15. The summed E-state index contributed by atoms with van der Waals surface area (Å²) in [7, 11) is 0. The van der Waals surface area contributed by atoms with E-state index in [0.717, 1.165) is 53.5 Å². The average Bonchev–Trinajstić information content (AvgIpc) is 3.04. The van der Waals surface area contributed by atoms with Crippen LogP contribution in [0.2, 0.25) is 5.15 Å². The third-order valence-corrected chi connectivity index (χ3v) is 9.01. The number of aromatic nitrogens is 3. The molecule has 1 unspecified atom stereocenters. The molecule has 2 aromatic heterocycles. The fraction of sp³-hybridized carbons (Fsp3) is 0.229. The van der Waals surface area contributed by atoms with E-state index < -0.39 is 6.10 Å². The molecule has 5 heterocycles. The lowest BCUT2D eigenvalue weighted by molar-refractivity contribution is -0.0366. The Balaban J connectivity index is 1.41. The van der Waals surface area contributed by atoms with E-state index in [0.29, 0.717) is 34.3 Å². The lowest BCUT2D eigenvalue weighted by Gasteiger charge is -2.51. The van der Waals surface area contributed by atoms with Gasteiger partial charge in [0.25, 0.3) is 0 Å². The summed E-state index contributed by atoms with van der Waals surface area (Å²) in [4.78, 5) is 16.8. The molecule has 0 spiro atoms. The molecule has 0 saturated carbocycles. The number of nitrogens with zero attached hydrogens (tertiary/aromatic N) is 4. The average molecular weight is 575 g/mol. The van der Waals surface area contributed by atoms with E-state index in [4.69, 9.17) is 26.3 Å². The highest BCUT2D eigenvalue weighted by Crippen LogP contribution is 2.46. The predicted octanol–water partition coefficient (Wildman–Crippen LogP) is 7.73. The van der Waals surface area contributed by atoms with Crippen LogP contribution in [0.4, 0.5) is 0 Å². The third kappa shape index (κ3) is 4.91. The molecule has 0 aliphatic carbocycles. The monoisotopic (exact) mass is 574 g/mol. The van der Waals surface area contributed by atoms with Crippen molar-refractivity contribution in [1.29, 1.82) is 0 Å². The van der Waals surface area contributed by atoms with Crippen molar-refractivity contribution in [1.82, 2.24) is 19.9 Å². The van der Waals surface area contributed by atoms with Gasteiger partial charge in [-0.25, -0.2) is 4.98 Å². The summed E-state index contributed by atoms with van der Waals surface area (Å²) in [6, 6.07) is 27.1.